The molecule has 4 aromatic rings. The zero-order valence-corrected chi connectivity index (χ0v) is 26.2. The Morgan fingerprint density at radius 2 is 1.70 bits per heavy atom. The highest BCUT2D eigenvalue weighted by atomic mass is 35.5. The van der Waals surface area contributed by atoms with E-state index in [2.05, 4.69) is 10.3 Å². The van der Waals surface area contributed by atoms with Crippen molar-refractivity contribution in [2.24, 2.45) is 5.92 Å². The standard InChI is InChI=1S/C30H23Cl2N3O7S2/c1-40-17-7-5-16(6-8-17)35-28(37)24-23(25-27(34-30(39)44-25)43-26(24)29(35)38)14-3-10-20(21(11-14)41-2)42-13-22(36)33-15-4-9-18(31)19(32)12-15/h3-12,23-24,26H,13H2,1-2H3,(H,33,36)(H,34,39). The molecule has 2 aliphatic heterocycles. The van der Waals surface area contributed by atoms with Gasteiger partial charge in [0.25, 0.3) is 5.91 Å². The number of carbonyl (C=O) groups is 3. The summed E-state index contributed by atoms with van der Waals surface area (Å²) < 4.78 is 16.6. The van der Waals surface area contributed by atoms with Gasteiger partial charge in [-0.05, 0) is 60.2 Å². The first-order chi connectivity index (χ1) is 21.2. The van der Waals surface area contributed by atoms with Crippen molar-refractivity contribution in [2.75, 3.05) is 31.0 Å². The number of amides is 3. The lowest BCUT2D eigenvalue weighted by Gasteiger charge is -2.30. The molecule has 3 heterocycles. The van der Waals surface area contributed by atoms with E-state index in [0.29, 0.717) is 54.1 Å². The molecule has 2 N–H and O–H groups in total. The zero-order chi connectivity index (χ0) is 31.1. The number of hydrogen-bond acceptors (Lipinski definition) is 9. The SMILES string of the molecule is COc1ccc(N2C(=O)C3Sc4[nH]c(=O)sc4C(c4ccc(OCC(=O)Nc5ccc(Cl)c(Cl)c5)c(OC)c4)C3C2=O)cc1. The van der Waals surface area contributed by atoms with Crippen molar-refractivity contribution in [1.82, 2.24) is 4.98 Å². The molecule has 3 unspecified atom stereocenters. The highest BCUT2D eigenvalue weighted by Gasteiger charge is 2.56. The first-order valence-corrected chi connectivity index (χ1v) is 15.6. The molecule has 0 aliphatic carbocycles. The van der Waals surface area contributed by atoms with Gasteiger partial charge in [-0.25, -0.2) is 4.90 Å². The summed E-state index contributed by atoms with van der Waals surface area (Å²) in [6, 6.07) is 16.5. The number of halogens is 2. The second-order valence-electron chi connectivity index (χ2n) is 9.84. The van der Waals surface area contributed by atoms with E-state index in [4.69, 9.17) is 37.4 Å². The number of benzene rings is 3. The lowest BCUT2D eigenvalue weighted by Crippen LogP contribution is -2.32. The second-order valence-corrected chi connectivity index (χ2v) is 12.8. The van der Waals surface area contributed by atoms with Gasteiger partial charge in [-0.15, -0.1) is 0 Å². The number of hydrogen-bond donors (Lipinski definition) is 2. The van der Waals surface area contributed by atoms with Crippen LogP contribution >= 0.6 is 46.3 Å². The highest BCUT2D eigenvalue weighted by Crippen LogP contribution is 2.53. The number of thioether (sulfide) groups is 1. The average molecular weight is 673 g/mol. The number of fused-ring (bicyclic) bond motifs is 2. The summed E-state index contributed by atoms with van der Waals surface area (Å²) in [5, 5.41) is 3.16. The van der Waals surface area contributed by atoms with Crippen LogP contribution in [0, 0.1) is 5.92 Å². The molecular formula is C30H23Cl2N3O7S2. The Morgan fingerprint density at radius 1 is 0.932 bits per heavy atom. The van der Waals surface area contributed by atoms with Gasteiger partial charge in [0.15, 0.2) is 18.1 Å². The lowest BCUT2D eigenvalue weighted by molar-refractivity contribution is -0.122. The number of methoxy groups -OCH3 is 2. The van der Waals surface area contributed by atoms with Gasteiger partial charge in [0.05, 0.1) is 40.9 Å². The number of nitrogens with one attached hydrogen (secondary N) is 2. The van der Waals surface area contributed by atoms with Crippen molar-refractivity contribution < 1.29 is 28.6 Å². The van der Waals surface area contributed by atoms with E-state index in [0.717, 1.165) is 11.3 Å². The predicted octanol–water partition coefficient (Wildman–Crippen LogP) is 5.57. The normalized spacial score (nSPS) is 18.9. The molecule has 14 heteroatoms. The van der Waals surface area contributed by atoms with Gasteiger partial charge in [-0.3, -0.25) is 19.2 Å². The predicted molar refractivity (Wildman–Crippen MR) is 169 cm³/mol. The van der Waals surface area contributed by atoms with Crippen LogP contribution in [0.3, 0.4) is 0 Å². The largest absolute Gasteiger partial charge is 0.497 e. The number of ether oxygens (including phenoxy) is 3. The molecule has 3 amide bonds. The molecule has 0 radical (unpaired) electrons. The summed E-state index contributed by atoms with van der Waals surface area (Å²) >= 11 is 14.2. The molecule has 6 rings (SSSR count). The summed E-state index contributed by atoms with van der Waals surface area (Å²) in [5.41, 5.74) is 1.55. The van der Waals surface area contributed by atoms with E-state index in [-0.39, 0.29) is 23.3 Å². The van der Waals surface area contributed by atoms with Gasteiger partial charge >= 0.3 is 4.87 Å². The number of H-pyrrole nitrogens is 1. The monoisotopic (exact) mass is 671 g/mol. The third-order valence-corrected chi connectivity index (χ3v) is 10.4. The van der Waals surface area contributed by atoms with E-state index in [1.54, 1.807) is 54.6 Å². The molecular weight excluding hydrogens is 649 g/mol. The van der Waals surface area contributed by atoms with Gasteiger partial charge in [0.2, 0.25) is 11.8 Å². The summed E-state index contributed by atoms with van der Waals surface area (Å²) in [5.74, 6) is -1.35. The van der Waals surface area contributed by atoms with Crippen molar-refractivity contribution in [3.63, 3.8) is 0 Å². The van der Waals surface area contributed by atoms with Crippen LogP contribution in [-0.2, 0) is 14.4 Å². The number of aromatic amines is 1. The highest BCUT2D eigenvalue weighted by molar-refractivity contribution is 8.00. The van der Waals surface area contributed by atoms with Crippen LogP contribution in [0.25, 0.3) is 0 Å². The van der Waals surface area contributed by atoms with Gasteiger partial charge in [-0.1, -0.05) is 52.4 Å². The molecule has 1 fully saturated rings. The molecule has 0 spiro atoms. The number of aromatic nitrogens is 1. The van der Waals surface area contributed by atoms with Gasteiger partial charge in [-0.2, -0.15) is 0 Å². The molecule has 10 nitrogen and oxygen atoms in total. The maximum Gasteiger partial charge on any atom is 0.305 e. The lowest BCUT2D eigenvalue weighted by atomic mass is 9.83. The second kappa shape index (κ2) is 12.2. The van der Waals surface area contributed by atoms with E-state index in [9.17, 15) is 19.2 Å². The Kier molecular flexibility index (Phi) is 8.34. The summed E-state index contributed by atoms with van der Waals surface area (Å²) in [6.45, 7) is -0.325. The van der Waals surface area contributed by atoms with Crippen molar-refractivity contribution in [3.05, 3.63) is 90.8 Å². The van der Waals surface area contributed by atoms with Crippen LogP contribution < -0.4 is 29.3 Å². The maximum absolute atomic E-state index is 14.0. The molecule has 0 saturated carbocycles. The Morgan fingerprint density at radius 3 is 2.41 bits per heavy atom. The van der Waals surface area contributed by atoms with Crippen molar-refractivity contribution >= 4 is 75.4 Å². The van der Waals surface area contributed by atoms with Crippen LogP contribution in [-0.4, -0.2) is 48.8 Å². The summed E-state index contributed by atoms with van der Waals surface area (Å²) in [6.07, 6.45) is 0. The minimum atomic E-state index is -0.776. The van der Waals surface area contributed by atoms with Gasteiger partial charge < -0.3 is 24.5 Å². The number of carbonyl (C=O) groups excluding carboxylic acids is 3. The fraction of sp³-hybridized carbons (Fsp3) is 0.200. The third kappa shape index (κ3) is 5.54. The number of thiazole rings is 1. The molecule has 226 valence electrons. The Labute approximate surface area is 269 Å². The van der Waals surface area contributed by atoms with Gasteiger partial charge in [0, 0.05) is 16.5 Å². The third-order valence-electron chi connectivity index (χ3n) is 7.26. The minimum absolute atomic E-state index is 0.278. The maximum atomic E-state index is 14.0. The van der Waals surface area contributed by atoms with Crippen LogP contribution in [0.2, 0.25) is 10.0 Å². The van der Waals surface area contributed by atoms with Crippen molar-refractivity contribution in [1.29, 1.82) is 0 Å². The van der Waals surface area contributed by atoms with Crippen LogP contribution in [0.4, 0.5) is 11.4 Å². The Balaban J connectivity index is 1.28. The first kappa shape index (κ1) is 30.1. The molecule has 1 saturated heterocycles. The number of rotatable bonds is 8. The van der Waals surface area contributed by atoms with E-state index in [1.165, 1.54) is 36.9 Å². The minimum Gasteiger partial charge on any atom is -0.497 e. The Bertz CT molecular complexity index is 1840. The molecule has 2 aliphatic rings. The summed E-state index contributed by atoms with van der Waals surface area (Å²) in [7, 11) is 2.99. The van der Waals surface area contributed by atoms with Crippen LogP contribution in [0.5, 0.6) is 17.2 Å². The van der Waals surface area contributed by atoms with Crippen molar-refractivity contribution in [2.45, 2.75) is 16.2 Å². The van der Waals surface area contributed by atoms with E-state index < -0.39 is 23.0 Å². The first-order valence-electron chi connectivity index (χ1n) is 13.2. The number of imide groups is 1. The smallest absolute Gasteiger partial charge is 0.305 e. The average Bonchev–Trinajstić information content (AvgIpc) is 3.51. The van der Waals surface area contributed by atoms with Crippen LogP contribution in [0.1, 0.15) is 16.4 Å². The quantitative estimate of drug-likeness (QED) is 0.233. The molecule has 1 aromatic heterocycles. The molecule has 3 atom stereocenters. The Hall–Kier alpha value is -3.97. The van der Waals surface area contributed by atoms with E-state index >= 15 is 0 Å². The topological polar surface area (TPSA) is 127 Å². The zero-order valence-electron chi connectivity index (χ0n) is 23.1. The molecule has 44 heavy (non-hydrogen) atoms. The molecule has 3 aromatic carbocycles. The van der Waals surface area contributed by atoms with Gasteiger partial charge in [0.1, 0.15) is 11.0 Å². The fourth-order valence-corrected chi connectivity index (χ4v) is 8.09. The van der Waals surface area contributed by atoms with Crippen LogP contribution in [0.15, 0.2) is 70.5 Å². The molecule has 0 bridgehead atoms. The summed E-state index contributed by atoms with van der Waals surface area (Å²) in [4.78, 5) is 57.0. The fourth-order valence-electron chi connectivity index (χ4n) is 5.27. The number of anilines is 2. The number of nitrogens with zero attached hydrogens (tertiary/aromatic N) is 1. The van der Waals surface area contributed by atoms with E-state index in [1.807, 2.05) is 0 Å². The van der Waals surface area contributed by atoms with Crippen molar-refractivity contribution in [3.8, 4) is 17.2 Å².